The number of carbonyl (C=O) groups is 1. The second kappa shape index (κ2) is 7.45. The van der Waals surface area contributed by atoms with E-state index in [0.29, 0.717) is 25.3 Å². The second-order valence-electron chi connectivity index (χ2n) is 7.13. The van der Waals surface area contributed by atoms with Gasteiger partial charge in [0.15, 0.2) is 0 Å². The molecule has 2 N–H and O–H groups in total. The molecular weight excluding hydrogens is 338 g/mol. The Balaban J connectivity index is 1.61. The average Bonchev–Trinajstić information content (AvgIpc) is 3.02. The summed E-state index contributed by atoms with van der Waals surface area (Å²) in [7, 11) is 0. The molecule has 1 unspecified atom stereocenters. The maximum atomic E-state index is 13.2. The highest BCUT2D eigenvalue weighted by Gasteiger charge is 2.26. The first kappa shape index (κ1) is 17.6. The van der Waals surface area contributed by atoms with E-state index in [1.54, 1.807) is 0 Å². The molecule has 0 aliphatic carbocycles. The third-order valence-electron chi connectivity index (χ3n) is 5.21. The molecule has 0 saturated carbocycles. The lowest BCUT2D eigenvalue weighted by molar-refractivity contribution is 0.0645. The number of fused-ring (bicyclic) bond motifs is 2. The fourth-order valence-electron chi connectivity index (χ4n) is 3.64. The summed E-state index contributed by atoms with van der Waals surface area (Å²) in [5, 5.41) is 1.08. The summed E-state index contributed by atoms with van der Waals surface area (Å²) in [6.07, 6.45) is 3.00. The molecule has 1 amide bonds. The van der Waals surface area contributed by atoms with Crippen LogP contribution in [-0.4, -0.2) is 34.6 Å². The minimum Gasteiger partial charge on any atom is -0.491 e. The van der Waals surface area contributed by atoms with Gasteiger partial charge < -0.3 is 19.9 Å². The van der Waals surface area contributed by atoms with Crippen LogP contribution in [0.25, 0.3) is 10.9 Å². The molecule has 5 nitrogen and oxygen atoms in total. The van der Waals surface area contributed by atoms with Crippen LogP contribution in [0.3, 0.4) is 0 Å². The first-order valence-corrected chi connectivity index (χ1v) is 9.48. The highest BCUT2D eigenvalue weighted by Crippen LogP contribution is 2.27. The molecule has 1 aliphatic rings. The molecule has 27 heavy (non-hydrogen) atoms. The molecule has 0 spiro atoms. The number of para-hydroxylation sites is 1. The Morgan fingerprint density at radius 3 is 2.93 bits per heavy atom. The maximum Gasteiger partial charge on any atom is 0.254 e. The van der Waals surface area contributed by atoms with Crippen molar-refractivity contribution in [1.29, 1.82) is 0 Å². The molecule has 1 atom stereocenters. The Labute approximate surface area is 159 Å². The first-order valence-electron chi connectivity index (χ1n) is 9.48. The van der Waals surface area contributed by atoms with E-state index in [2.05, 4.69) is 16.8 Å². The van der Waals surface area contributed by atoms with E-state index in [-0.39, 0.29) is 11.9 Å². The van der Waals surface area contributed by atoms with E-state index < -0.39 is 0 Å². The van der Waals surface area contributed by atoms with Gasteiger partial charge in [0.05, 0.1) is 12.6 Å². The van der Waals surface area contributed by atoms with Crippen LogP contribution in [0, 0.1) is 0 Å². The predicted molar refractivity (Wildman–Crippen MR) is 107 cm³/mol. The maximum absolute atomic E-state index is 13.2. The monoisotopic (exact) mass is 363 g/mol. The Hall–Kier alpha value is -2.79. The minimum atomic E-state index is 0.00903. The van der Waals surface area contributed by atoms with Crippen molar-refractivity contribution in [3.05, 3.63) is 65.9 Å². The Morgan fingerprint density at radius 2 is 2.07 bits per heavy atom. The molecule has 0 saturated heterocycles. The molecule has 1 aromatic heterocycles. The van der Waals surface area contributed by atoms with Gasteiger partial charge in [0.25, 0.3) is 5.91 Å². The van der Waals surface area contributed by atoms with Crippen LogP contribution < -0.4 is 10.5 Å². The number of hydrogen-bond acceptors (Lipinski definition) is 3. The number of aryl methyl sites for hydroxylation is 1. The van der Waals surface area contributed by atoms with E-state index in [9.17, 15) is 4.79 Å². The Kier molecular flexibility index (Phi) is 4.86. The molecule has 2 aromatic carbocycles. The van der Waals surface area contributed by atoms with Crippen LogP contribution in [0.5, 0.6) is 5.75 Å². The van der Waals surface area contributed by atoms with Gasteiger partial charge >= 0.3 is 0 Å². The van der Waals surface area contributed by atoms with Gasteiger partial charge in [-0.3, -0.25) is 4.79 Å². The van der Waals surface area contributed by atoms with Crippen LogP contribution in [0.15, 0.2) is 54.7 Å². The third-order valence-corrected chi connectivity index (χ3v) is 5.21. The highest BCUT2D eigenvalue weighted by atomic mass is 16.5. The SMILES string of the molecule is CC1COc2ccccc2CN1C(=O)c1ccc2c(ccn2CCCN)c1. The molecule has 0 radical (unpaired) electrons. The number of hydrogen-bond donors (Lipinski definition) is 1. The Morgan fingerprint density at radius 1 is 1.22 bits per heavy atom. The van der Waals surface area contributed by atoms with Crippen LogP contribution in [-0.2, 0) is 13.1 Å². The van der Waals surface area contributed by atoms with Gasteiger partial charge in [0, 0.05) is 34.8 Å². The molecule has 3 aromatic rings. The van der Waals surface area contributed by atoms with Gasteiger partial charge in [-0.2, -0.15) is 0 Å². The van der Waals surface area contributed by atoms with Crippen molar-refractivity contribution in [2.75, 3.05) is 13.2 Å². The van der Waals surface area contributed by atoms with E-state index in [1.165, 1.54) is 0 Å². The van der Waals surface area contributed by atoms with Crippen molar-refractivity contribution in [1.82, 2.24) is 9.47 Å². The molecule has 4 rings (SSSR count). The number of benzene rings is 2. The summed E-state index contributed by atoms with van der Waals surface area (Å²) in [5.41, 5.74) is 8.52. The lowest BCUT2D eigenvalue weighted by Crippen LogP contribution is -2.39. The van der Waals surface area contributed by atoms with Crippen molar-refractivity contribution in [3.63, 3.8) is 0 Å². The van der Waals surface area contributed by atoms with E-state index in [1.807, 2.05) is 54.3 Å². The van der Waals surface area contributed by atoms with E-state index in [4.69, 9.17) is 10.5 Å². The third kappa shape index (κ3) is 3.43. The average molecular weight is 363 g/mol. The van der Waals surface area contributed by atoms with Gasteiger partial charge in [-0.05, 0) is 50.2 Å². The van der Waals surface area contributed by atoms with Crippen molar-refractivity contribution in [2.45, 2.75) is 32.5 Å². The standard InChI is InChI=1S/C22H25N3O2/c1-16-15-27-21-6-3-2-5-19(21)14-25(16)22(26)18-7-8-20-17(13-18)9-12-24(20)11-4-10-23/h2-3,5-9,12-13,16H,4,10-11,14-15,23H2,1H3. The number of ether oxygens (including phenoxy) is 1. The van der Waals surface area contributed by atoms with Crippen LogP contribution in [0.2, 0.25) is 0 Å². The Bertz CT molecular complexity index is 963. The molecule has 1 aliphatic heterocycles. The normalized spacial score (nSPS) is 16.7. The largest absolute Gasteiger partial charge is 0.491 e. The van der Waals surface area contributed by atoms with Crippen molar-refractivity contribution < 1.29 is 9.53 Å². The summed E-state index contributed by atoms with van der Waals surface area (Å²) in [4.78, 5) is 15.1. The summed E-state index contributed by atoms with van der Waals surface area (Å²) in [6.45, 7) is 4.66. The fraction of sp³-hybridized carbons (Fsp3) is 0.318. The molecular formula is C22H25N3O2. The summed E-state index contributed by atoms with van der Waals surface area (Å²) < 4.78 is 8.07. The number of nitrogens with two attached hydrogens (primary N) is 1. The number of nitrogens with zero attached hydrogens (tertiary/aromatic N) is 2. The molecule has 0 bridgehead atoms. The first-order chi connectivity index (χ1) is 13.2. The zero-order valence-corrected chi connectivity index (χ0v) is 15.6. The fourth-order valence-corrected chi connectivity index (χ4v) is 3.64. The summed E-state index contributed by atoms with van der Waals surface area (Å²) >= 11 is 0. The van der Waals surface area contributed by atoms with Gasteiger partial charge in [0.1, 0.15) is 12.4 Å². The molecule has 0 fully saturated rings. The minimum absolute atomic E-state index is 0.00903. The van der Waals surface area contributed by atoms with Crippen LogP contribution in [0.4, 0.5) is 0 Å². The van der Waals surface area contributed by atoms with Crippen molar-refractivity contribution >= 4 is 16.8 Å². The summed E-state index contributed by atoms with van der Waals surface area (Å²) in [5.74, 6) is 0.909. The number of rotatable bonds is 4. The van der Waals surface area contributed by atoms with E-state index >= 15 is 0 Å². The summed E-state index contributed by atoms with van der Waals surface area (Å²) in [6, 6.07) is 15.9. The zero-order chi connectivity index (χ0) is 18.8. The number of aromatic nitrogens is 1. The van der Waals surface area contributed by atoms with Gasteiger partial charge in [0.2, 0.25) is 0 Å². The molecule has 5 heteroatoms. The number of carbonyl (C=O) groups excluding carboxylic acids is 1. The zero-order valence-electron chi connectivity index (χ0n) is 15.6. The second-order valence-corrected chi connectivity index (χ2v) is 7.13. The molecule has 2 heterocycles. The predicted octanol–water partition coefficient (Wildman–Crippen LogP) is 3.41. The van der Waals surface area contributed by atoms with Gasteiger partial charge in [-0.15, -0.1) is 0 Å². The van der Waals surface area contributed by atoms with Crippen LogP contribution in [0.1, 0.15) is 29.3 Å². The van der Waals surface area contributed by atoms with Crippen molar-refractivity contribution in [3.8, 4) is 5.75 Å². The smallest absolute Gasteiger partial charge is 0.254 e. The number of amides is 1. The van der Waals surface area contributed by atoms with Gasteiger partial charge in [-0.1, -0.05) is 18.2 Å². The van der Waals surface area contributed by atoms with Gasteiger partial charge in [-0.25, -0.2) is 0 Å². The lowest BCUT2D eigenvalue weighted by Gasteiger charge is -2.26. The van der Waals surface area contributed by atoms with E-state index in [0.717, 1.165) is 35.2 Å². The van der Waals surface area contributed by atoms with Crippen molar-refractivity contribution in [2.24, 2.45) is 5.73 Å². The lowest BCUT2D eigenvalue weighted by atomic mass is 10.1. The highest BCUT2D eigenvalue weighted by molar-refractivity contribution is 5.98. The topological polar surface area (TPSA) is 60.5 Å². The quantitative estimate of drug-likeness (QED) is 0.773. The van der Waals surface area contributed by atoms with Crippen LogP contribution >= 0.6 is 0 Å². The molecule has 140 valence electrons.